The number of methoxy groups -OCH3 is 6. The Balaban J connectivity index is 0.000000369. The smallest absolute Gasteiger partial charge is 1.00 e. The number of carbonyl (C=O) groups is 5. The molecule has 8 rings (SSSR count). The van der Waals surface area contributed by atoms with Gasteiger partial charge in [0, 0.05) is 159 Å². The third-order valence-electron chi connectivity index (χ3n) is 18.7. The fourth-order valence-corrected chi connectivity index (χ4v) is 12.7. The second-order valence-corrected chi connectivity index (χ2v) is 31.0. The van der Waals surface area contributed by atoms with Crippen molar-refractivity contribution in [1.82, 2.24) is 29.8 Å². The van der Waals surface area contributed by atoms with Gasteiger partial charge in [0.25, 0.3) is 17.7 Å². The van der Waals surface area contributed by atoms with E-state index < -0.39 is 59.1 Å². The number of nitrogens with one attached hydrogen (secondary N) is 1. The predicted octanol–water partition coefficient (Wildman–Crippen LogP) is 11.2. The third kappa shape index (κ3) is 30.6. The van der Waals surface area contributed by atoms with Crippen LogP contribution in [0.15, 0.2) is 103 Å². The van der Waals surface area contributed by atoms with Crippen LogP contribution in [-0.2, 0) is 36.0 Å². The number of aliphatic hydroxyl groups is 1. The third-order valence-corrected chi connectivity index (χ3v) is 18.7. The molecule has 32 heteroatoms. The fraction of sp³-hybridized carbons (Fsp3) is 0.583. The minimum Gasteiger partial charge on any atom is -1.00 e. The van der Waals surface area contributed by atoms with Gasteiger partial charge < -0.3 is 97.9 Å². The van der Waals surface area contributed by atoms with E-state index in [0.717, 1.165) is 24.3 Å². The van der Waals surface area contributed by atoms with E-state index in [9.17, 15) is 55.4 Å². The number of carbonyl (C=O) groups excluding carboxylic acids is 5. The summed E-state index contributed by atoms with van der Waals surface area (Å²) in [7, 11) is 9.48. The van der Waals surface area contributed by atoms with E-state index in [1.54, 1.807) is 146 Å². The topological polar surface area (TPSA) is 254 Å². The Kier molecular flexibility index (Phi) is 39.2. The first-order valence-electron chi connectivity index (χ1n) is 38.6. The molecule has 3 unspecified atom stereocenters. The Hall–Kier alpha value is -8.17. The monoisotopic (exact) mass is 1650 g/mol. The zero-order valence-electron chi connectivity index (χ0n) is 71.5. The van der Waals surface area contributed by atoms with Crippen LogP contribution in [0.3, 0.4) is 0 Å². The molecule has 5 amide bonds. The van der Waals surface area contributed by atoms with Gasteiger partial charge in [-0.3, -0.25) is 14.4 Å². The fourth-order valence-electron chi connectivity index (χ4n) is 12.7. The first kappa shape index (κ1) is 98.4. The van der Waals surface area contributed by atoms with Gasteiger partial charge in [-0.25, -0.2) is 9.59 Å². The van der Waals surface area contributed by atoms with E-state index >= 15 is 0 Å². The number of hydrogen-bond acceptors (Lipinski definition) is 20. The summed E-state index contributed by atoms with van der Waals surface area (Å²) in [5, 5.41) is 13.9. The average molecular weight is 1650 g/mol. The molecule has 3 aliphatic rings. The number of ether oxygens (including phenoxy) is 13. The van der Waals surface area contributed by atoms with E-state index in [-0.39, 0.29) is 123 Å². The number of alkyl halides is 6. The molecule has 0 aromatic heterocycles. The molecule has 6 atom stereocenters. The van der Waals surface area contributed by atoms with Crippen LogP contribution in [0, 0.1) is 17.8 Å². The number of halogens is 6. The first-order chi connectivity index (χ1) is 54.2. The second-order valence-electron chi connectivity index (χ2n) is 31.0. The van der Waals surface area contributed by atoms with Gasteiger partial charge in [-0.2, -0.15) is 26.3 Å². The summed E-state index contributed by atoms with van der Waals surface area (Å²) in [6.07, 6.45) is -9.43. The Bertz CT molecular complexity index is 3870. The van der Waals surface area contributed by atoms with E-state index in [1.807, 2.05) is 41.5 Å². The van der Waals surface area contributed by atoms with Gasteiger partial charge in [0.15, 0.2) is 34.5 Å². The normalized spacial score (nSPS) is 17.4. The van der Waals surface area contributed by atoms with Crippen LogP contribution in [0.25, 0.3) is 0 Å². The van der Waals surface area contributed by atoms with Crippen molar-refractivity contribution in [2.24, 2.45) is 17.8 Å². The van der Waals surface area contributed by atoms with Crippen molar-refractivity contribution in [3.63, 3.8) is 0 Å². The Labute approximate surface area is 702 Å². The van der Waals surface area contributed by atoms with Crippen LogP contribution in [-0.4, -0.2) is 248 Å². The maximum absolute atomic E-state index is 13.9. The molecule has 3 fully saturated rings. The molecule has 2 N–H and O–H groups in total. The number of nitrogens with zero attached hydrogens (tertiary/aromatic N) is 5. The zero-order chi connectivity index (χ0) is 85.1. The number of rotatable bonds is 34. The number of amides is 5. The van der Waals surface area contributed by atoms with Crippen LogP contribution >= 0.6 is 0 Å². The molecule has 0 radical (unpaired) electrons. The van der Waals surface area contributed by atoms with Gasteiger partial charge in [0.2, 0.25) is 0 Å². The quantitative estimate of drug-likeness (QED) is 0.0220. The van der Waals surface area contributed by atoms with Gasteiger partial charge in [-0.1, -0.05) is 0 Å². The maximum Gasteiger partial charge on any atom is 1.00 e. The van der Waals surface area contributed by atoms with Crippen molar-refractivity contribution in [2.75, 3.05) is 141 Å². The van der Waals surface area contributed by atoms with Crippen molar-refractivity contribution < 1.29 is 148 Å². The summed E-state index contributed by atoms with van der Waals surface area (Å²) < 4.78 is 150. The molecule has 642 valence electrons. The van der Waals surface area contributed by atoms with Crippen LogP contribution < -0.4 is 72.8 Å². The molecular weight excluding hydrogens is 1530 g/mol. The average Bonchev–Trinajstić information content (AvgIpc) is 1.58. The summed E-state index contributed by atoms with van der Waals surface area (Å²) >= 11 is 0. The Morgan fingerprint density at radius 3 is 1.09 bits per heavy atom. The summed E-state index contributed by atoms with van der Waals surface area (Å²) in [5.74, 6) is 2.30. The summed E-state index contributed by atoms with van der Waals surface area (Å²) in [4.78, 5) is 74.4. The summed E-state index contributed by atoms with van der Waals surface area (Å²) in [5.41, 5.74) is -1.52. The summed E-state index contributed by atoms with van der Waals surface area (Å²) in [6, 6.07) is 23.9. The standard InChI is InChI=1S/C32H43F3N2O7.C27H35F3N2O5.C25H40N2O7.Na.H/c1-21(2)37(29(38)22-9-14-26(41-7)27(17-22)42-16-8-15-40-6)19-23-18-36(30(39)44-31(3,4)5)20-28(23)43-25-12-10-24(11-13-25)32(33,34)35;1-18(2)32(26(33)19-6-11-23(35-4)24(14-19)36-13-5-12-34-3)17-20-15-31-16-25(20)37-22-9-7-21(8-10-22)27(28,29)30;1-17(2)27(15-19-14-26(16-20(19)28)24(30)34-25(3,4)5)23(29)18-9-10-21(32-7)22(13-18)33-12-8-11-31-6;;/h9-14,17,21,23,28H,8,15-16,18-20H2,1-7H3;6-11,14,18,20,25,31H,5,12-13,15-17H2,1-4H3;9-10,13,17,19-20,28H,8,11-12,14-16H2,1-7H3;;/q;;;+1;-1/t23-,28?;20-,25?;19-,20?;;/m000../s1. The van der Waals surface area contributed by atoms with E-state index in [2.05, 4.69) is 5.32 Å². The summed E-state index contributed by atoms with van der Waals surface area (Å²) in [6.45, 7) is 28.1. The van der Waals surface area contributed by atoms with Crippen molar-refractivity contribution in [2.45, 2.75) is 162 Å². The molecular formula is C84H119F6N6NaO19. The Morgan fingerprint density at radius 2 is 0.767 bits per heavy atom. The second kappa shape index (κ2) is 46.3. The molecule has 116 heavy (non-hydrogen) atoms. The largest absolute Gasteiger partial charge is 1.00 e. The molecule has 5 aromatic rings. The van der Waals surface area contributed by atoms with E-state index in [4.69, 9.17) is 61.6 Å². The minimum absolute atomic E-state index is 0. The first-order valence-corrected chi connectivity index (χ1v) is 38.6. The van der Waals surface area contributed by atoms with Gasteiger partial charge in [0.05, 0.1) is 71.5 Å². The number of aliphatic hydroxyl groups excluding tert-OH is 1. The van der Waals surface area contributed by atoms with Crippen molar-refractivity contribution >= 4 is 29.9 Å². The number of hydrogen-bond donors (Lipinski definition) is 2. The zero-order valence-corrected chi connectivity index (χ0v) is 72.5. The van der Waals surface area contributed by atoms with Crippen LogP contribution in [0.5, 0.6) is 46.0 Å². The van der Waals surface area contributed by atoms with Crippen LogP contribution in [0.1, 0.15) is 146 Å². The number of likely N-dealkylation sites (tertiary alicyclic amines) is 2. The maximum atomic E-state index is 13.9. The molecule has 3 heterocycles. The number of benzene rings is 5. The van der Waals surface area contributed by atoms with Crippen molar-refractivity contribution in [1.29, 1.82) is 0 Å². The molecule has 3 saturated heterocycles. The van der Waals surface area contributed by atoms with Crippen molar-refractivity contribution in [3.05, 3.63) is 131 Å². The Morgan fingerprint density at radius 1 is 0.440 bits per heavy atom. The molecule has 3 aliphatic heterocycles. The van der Waals surface area contributed by atoms with Crippen LogP contribution in [0.4, 0.5) is 35.9 Å². The molecule has 0 saturated carbocycles. The van der Waals surface area contributed by atoms with E-state index in [0.29, 0.717) is 149 Å². The van der Waals surface area contributed by atoms with E-state index in [1.165, 1.54) is 41.2 Å². The van der Waals surface area contributed by atoms with Gasteiger partial charge >= 0.3 is 54.1 Å². The molecule has 0 aliphatic carbocycles. The van der Waals surface area contributed by atoms with Gasteiger partial charge in [0.1, 0.15) is 34.9 Å². The SMILES string of the molecule is COCCCOc1cc(C(=O)N(C[C@@H]2CN(C(=O)OC(C)(C)C)CC2O)C(C)C)ccc1OC.COCCCOc1cc(C(=O)N(C[C@@H]2CN(C(=O)OC(C)(C)C)CC2Oc2ccc(C(F)(F)F)cc2)C(C)C)ccc1OC.COCCCOc1cc(C(=O)N(C[C@@H]2CNCC2Oc2ccc(C(F)(F)F)cc2)C(C)C)ccc1OC.[H-].[Na+]. The van der Waals surface area contributed by atoms with Crippen LogP contribution in [0.2, 0.25) is 0 Å². The molecule has 0 bridgehead atoms. The molecule has 0 spiro atoms. The van der Waals surface area contributed by atoms with Crippen molar-refractivity contribution in [3.8, 4) is 46.0 Å². The molecule has 25 nitrogen and oxygen atoms in total. The van der Waals surface area contributed by atoms with Gasteiger partial charge in [-0.15, -0.1) is 0 Å². The minimum atomic E-state index is -4.48. The predicted molar refractivity (Wildman–Crippen MR) is 421 cm³/mol. The van der Waals surface area contributed by atoms with Gasteiger partial charge in [-0.05, 0) is 186 Å². The number of β-amino-alcohol motifs (C(OH)–C–C–N with tert-alkyl or cyclic N) is 1. The molecule has 5 aromatic carbocycles.